The molecule has 1 N–H and O–H groups in total. The van der Waals surface area contributed by atoms with E-state index in [2.05, 4.69) is 5.32 Å². The van der Waals surface area contributed by atoms with Crippen molar-refractivity contribution in [2.75, 3.05) is 10.2 Å². The quantitative estimate of drug-likeness (QED) is 0.858. The number of amides is 2. The van der Waals surface area contributed by atoms with Crippen molar-refractivity contribution in [2.24, 2.45) is 0 Å². The first kappa shape index (κ1) is 14.0. The van der Waals surface area contributed by atoms with Crippen molar-refractivity contribution in [2.45, 2.75) is 32.2 Å². The van der Waals surface area contributed by atoms with E-state index in [4.69, 9.17) is 0 Å². The summed E-state index contributed by atoms with van der Waals surface area (Å²) in [6.07, 6.45) is -0.299. The molecule has 1 aromatic rings. The predicted molar refractivity (Wildman–Crippen MR) is 70.9 cm³/mol. The molecule has 1 atom stereocenters. The van der Waals surface area contributed by atoms with E-state index in [9.17, 15) is 19.5 Å². The number of carbonyl (C=O) groups excluding carboxylic acids is 3. The third kappa shape index (κ3) is 2.96. The van der Waals surface area contributed by atoms with E-state index in [1.807, 2.05) is 0 Å². The van der Waals surface area contributed by atoms with E-state index in [1.165, 1.54) is 4.90 Å². The summed E-state index contributed by atoms with van der Waals surface area (Å²) in [7, 11) is 0. The molecule has 2 amide bonds. The van der Waals surface area contributed by atoms with E-state index in [0.717, 1.165) is 0 Å². The van der Waals surface area contributed by atoms with Gasteiger partial charge in [-0.3, -0.25) is 9.59 Å². The van der Waals surface area contributed by atoms with Gasteiger partial charge in [-0.05, 0) is 25.5 Å². The van der Waals surface area contributed by atoms with Crippen LogP contribution in [0.25, 0.3) is 0 Å². The fourth-order valence-electron chi connectivity index (χ4n) is 2.30. The Morgan fingerprint density at radius 2 is 2.05 bits per heavy atom. The first-order valence-corrected chi connectivity index (χ1v) is 6.40. The minimum atomic E-state index is -1.26. The van der Waals surface area contributed by atoms with Gasteiger partial charge in [-0.25, -0.2) is 0 Å². The Labute approximate surface area is 116 Å². The summed E-state index contributed by atoms with van der Waals surface area (Å²) in [4.78, 5) is 35.9. The molecule has 0 aromatic heterocycles. The van der Waals surface area contributed by atoms with Crippen LogP contribution >= 0.6 is 0 Å². The first-order chi connectivity index (χ1) is 9.49. The van der Waals surface area contributed by atoms with Crippen LogP contribution in [0.1, 0.15) is 26.2 Å². The van der Waals surface area contributed by atoms with E-state index >= 15 is 0 Å². The number of hydrogen-bond acceptors (Lipinski definition) is 4. The van der Waals surface area contributed by atoms with Gasteiger partial charge < -0.3 is 20.1 Å². The number of hydrogen-bond donors (Lipinski definition) is 1. The summed E-state index contributed by atoms with van der Waals surface area (Å²) in [6, 6.07) is 6.65. The first-order valence-electron chi connectivity index (χ1n) is 6.40. The normalized spacial score (nSPS) is 17.9. The molecule has 0 aliphatic carbocycles. The summed E-state index contributed by atoms with van der Waals surface area (Å²) in [6.45, 7) is 1.76. The third-order valence-electron chi connectivity index (χ3n) is 3.17. The van der Waals surface area contributed by atoms with Gasteiger partial charge in [0.1, 0.15) is 0 Å². The van der Waals surface area contributed by atoms with Gasteiger partial charge in [0.15, 0.2) is 0 Å². The SMILES string of the molecule is C[C@@H]1CC(=O)Nc2ccccc2N1C(=O)CCC(=O)[O-]. The summed E-state index contributed by atoms with van der Waals surface area (Å²) < 4.78 is 0. The largest absolute Gasteiger partial charge is 0.550 e. The molecule has 2 rings (SSSR count). The Bertz CT molecular complexity index is 556. The number of anilines is 2. The van der Waals surface area contributed by atoms with Gasteiger partial charge in [-0.15, -0.1) is 0 Å². The number of carboxylic acid groups (broad SMARTS) is 1. The zero-order valence-corrected chi connectivity index (χ0v) is 11.1. The van der Waals surface area contributed by atoms with Gasteiger partial charge in [-0.1, -0.05) is 12.1 Å². The molecule has 0 unspecified atom stereocenters. The van der Waals surface area contributed by atoms with Crippen molar-refractivity contribution in [1.82, 2.24) is 0 Å². The van der Waals surface area contributed by atoms with Crippen LogP contribution in [0.2, 0.25) is 0 Å². The molecule has 20 heavy (non-hydrogen) atoms. The van der Waals surface area contributed by atoms with Gasteiger partial charge in [0, 0.05) is 24.9 Å². The van der Waals surface area contributed by atoms with Crippen molar-refractivity contribution in [3.8, 4) is 0 Å². The average molecular weight is 275 g/mol. The van der Waals surface area contributed by atoms with Gasteiger partial charge in [0.25, 0.3) is 0 Å². The fraction of sp³-hybridized carbons (Fsp3) is 0.357. The van der Waals surface area contributed by atoms with Crippen LogP contribution in [-0.4, -0.2) is 23.8 Å². The molecule has 0 fully saturated rings. The summed E-state index contributed by atoms with van der Waals surface area (Å²) in [5, 5.41) is 13.2. The minimum absolute atomic E-state index is 0.144. The summed E-state index contributed by atoms with van der Waals surface area (Å²) >= 11 is 0. The van der Waals surface area contributed by atoms with Crippen LogP contribution < -0.4 is 15.3 Å². The molecule has 106 valence electrons. The summed E-state index contributed by atoms with van der Waals surface area (Å²) in [5.74, 6) is -1.76. The topological polar surface area (TPSA) is 89.5 Å². The van der Waals surface area contributed by atoms with Crippen molar-refractivity contribution in [3.05, 3.63) is 24.3 Å². The molecular formula is C14H15N2O4-. The smallest absolute Gasteiger partial charge is 0.227 e. The molecule has 1 heterocycles. The van der Waals surface area contributed by atoms with E-state index in [0.29, 0.717) is 11.4 Å². The second-order valence-electron chi connectivity index (χ2n) is 4.75. The molecular weight excluding hydrogens is 260 g/mol. The van der Waals surface area contributed by atoms with Crippen LogP contribution in [0.5, 0.6) is 0 Å². The summed E-state index contributed by atoms with van der Waals surface area (Å²) in [5.41, 5.74) is 1.15. The number of carbonyl (C=O) groups is 3. The number of rotatable bonds is 3. The maximum Gasteiger partial charge on any atom is 0.227 e. The fourth-order valence-corrected chi connectivity index (χ4v) is 2.30. The highest BCUT2D eigenvalue weighted by molar-refractivity contribution is 6.04. The standard InChI is InChI=1S/C14H16N2O4/c1-9-8-12(17)15-10-4-2-3-5-11(10)16(9)13(18)6-7-14(19)20/h2-5,9H,6-8H2,1H3,(H,15,17)(H,19,20)/p-1/t9-/m1/s1. The molecule has 0 spiro atoms. The van der Waals surface area contributed by atoms with Gasteiger partial charge >= 0.3 is 0 Å². The average Bonchev–Trinajstić information content (AvgIpc) is 2.50. The van der Waals surface area contributed by atoms with Crippen molar-refractivity contribution in [3.63, 3.8) is 0 Å². The number of para-hydroxylation sites is 2. The predicted octanol–water partition coefficient (Wildman–Crippen LogP) is 0.280. The molecule has 1 aromatic carbocycles. The molecule has 0 saturated carbocycles. The highest BCUT2D eigenvalue weighted by atomic mass is 16.4. The van der Waals surface area contributed by atoms with Crippen molar-refractivity contribution in [1.29, 1.82) is 0 Å². The Kier molecular flexibility index (Phi) is 4.02. The van der Waals surface area contributed by atoms with Crippen LogP contribution in [-0.2, 0) is 14.4 Å². The molecule has 1 aliphatic rings. The Morgan fingerprint density at radius 3 is 2.75 bits per heavy atom. The molecule has 0 saturated heterocycles. The maximum atomic E-state index is 12.2. The number of nitrogens with zero attached hydrogens (tertiary/aromatic N) is 1. The number of nitrogens with one attached hydrogen (secondary N) is 1. The van der Waals surface area contributed by atoms with Crippen molar-refractivity contribution < 1.29 is 19.5 Å². The zero-order chi connectivity index (χ0) is 14.7. The van der Waals surface area contributed by atoms with Crippen LogP contribution in [0.15, 0.2) is 24.3 Å². The molecule has 6 nitrogen and oxygen atoms in total. The zero-order valence-electron chi connectivity index (χ0n) is 11.1. The van der Waals surface area contributed by atoms with Crippen LogP contribution in [0.3, 0.4) is 0 Å². The van der Waals surface area contributed by atoms with Crippen LogP contribution in [0, 0.1) is 0 Å². The minimum Gasteiger partial charge on any atom is -0.550 e. The molecule has 1 aliphatic heterocycles. The lowest BCUT2D eigenvalue weighted by Crippen LogP contribution is -2.39. The number of fused-ring (bicyclic) bond motifs is 1. The van der Waals surface area contributed by atoms with Crippen molar-refractivity contribution >= 4 is 29.2 Å². The molecule has 0 radical (unpaired) electrons. The second kappa shape index (κ2) is 5.73. The van der Waals surface area contributed by atoms with E-state index < -0.39 is 5.97 Å². The van der Waals surface area contributed by atoms with E-state index in [-0.39, 0.29) is 37.1 Å². The van der Waals surface area contributed by atoms with Gasteiger partial charge in [0.05, 0.1) is 11.4 Å². The van der Waals surface area contributed by atoms with Crippen LogP contribution in [0.4, 0.5) is 11.4 Å². The van der Waals surface area contributed by atoms with Gasteiger partial charge in [-0.2, -0.15) is 0 Å². The highest BCUT2D eigenvalue weighted by Crippen LogP contribution is 2.31. The number of benzene rings is 1. The number of aliphatic carboxylic acids is 1. The lowest BCUT2D eigenvalue weighted by atomic mass is 10.1. The highest BCUT2D eigenvalue weighted by Gasteiger charge is 2.28. The van der Waals surface area contributed by atoms with Gasteiger partial charge in [0.2, 0.25) is 11.8 Å². The van der Waals surface area contributed by atoms with E-state index in [1.54, 1.807) is 31.2 Å². The molecule has 0 bridgehead atoms. The lowest BCUT2D eigenvalue weighted by Gasteiger charge is -2.28. The molecule has 6 heteroatoms. The monoisotopic (exact) mass is 275 g/mol. The lowest BCUT2D eigenvalue weighted by molar-refractivity contribution is -0.305. The Hall–Kier alpha value is -2.37. The number of carboxylic acids is 1. The maximum absolute atomic E-state index is 12.2. The third-order valence-corrected chi connectivity index (χ3v) is 3.17. The Morgan fingerprint density at radius 1 is 1.35 bits per heavy atom. The second-order valence-corrected chi connectivity index (χ2v) is 4.75. The Balaban J connectivity index is 2.32.